The summed E-state index contributed by atoms with van der Waals surface area (Å²) in [6.07, 6.45) is 3.66. The summed E-state index contributed by atoms with van der Waals surface area (Å²) in [6.45, 7) is 1.96. The van der Waals surface area contributed by atoms with E-state index in [-0.39, 0.29) is 29.6 Å². The number of halogens is 2. The van der Waals surface area contributed by atoms with Crippen molar-refractivity contribution in [1.82, 2.24) is 14.3 Å². The Hall–Kier alpha value is -2.75. The summed E-state index contributed by atoms with van der Waals surface area (Å²) in [7, 11) is -3.80. The number of piperidine rings is 1. The summed E-state index contributed by atoms with van der Waals surface area (Å²) in [6, 6.07) is 12.3. The number of ether oxygens (including phenoxy) is 1. The maximum absolute atomic E-state index is 14.4. The largest absolute Gasteiger partial charge is 0.435 e. The maximum Gasteiger partial charge on any atom is 0.243 e. The van der Waals surface area contributed by atoms with Gasteiger partial charge in [0.15, 0.2) is 11.6 Å². The van der Waals surface area contributed by atoms with E-state index in [2.05, 4.69) is 9.88 Å². The van der Waals surface area contributed by atoms with E-state index in [1.807, 2.05) is 0 Å². The standard InChI is InChI=1S/C24H24ClFN4O3S/c25-17-7-6-8-18(15-17)34(31,32)30-14-11-21-19(16-30)23(33-22-10-3-2-9-20(22)26)28-24(27-21)29-12-4-1-5-13-29/h2-3,6-10,15H,1,4-5,11-14,16H2. The van der Waals surface area contributed by atoms with E-state index in [0.717, 1.165) is 38.0 Å². The van der Waals surface area contributed by atoms with Crippen molar-refractivity contribution in [2.45, 2.75) is 37.1 Å². The van der Waals surface area contributed by atoms with Crippen LogP contribution in [-0.2, 0) is 23.0 Å². The predicted octanol–water partition coefficient (Wildman–Crippen LogP) is 4.80. The number of nitrogens with zero attached hydrogens (tertiary/aromatic N) is 4. The number of benzene rings is 2. The van der Waals surface area contributed by atoms with Crippen LogP contribution in [0.1, 0.15) is 30.5 Å². The average molecular weight is 503 g/mol. The number of aromatic nitrogens is 2. The Bertz CT molecular complexity index is 1320. The minimum absolute atomic E-state index is 0.0221. The van der Waals surface area contributed by atoms with Gasteiger partial charge in [-0.05, 0) is 49.6 Å². The number of hydrogen-bond donors (Lipinski definition) is 0. The van der Waals surface area contributed by atoms with E-state index in [9.17, 15) is 12.8 Å². The summed E-state index contributed by atoms with van der Waals surface area (Å²) >= 11 is 6.03. The van der Waals surface area contributed by atoms with E-state index in [1.165, 1.54) is 28.6 Å². The zero-order chi connectivity index (χ0) is 23.7. The molecule has 10 heteroatoms. The molecule has 2 aromatic carbocycles. The highest BCUT2D eigenvalue weighted by Gasteiger charge is 2.33. The van der Waals surface area contributed by atoms with Crippen LogP contribution in [0.5, 0.6) is 11.6 Å². The lowest BCUT2D eigenvalue weighted by atomic mass is 10.1. The fourth-order valence-corrected chi connectivity index (χ4v) is 5.99. The first kappa shape index (κ1) is 23.0. The molecule has 178 valence electrons. The monoisotopic (exact) mass is 502 g/mol. The van der Waals surface area contributed by atoms with Gasteiger partial charge in [-0.3, -0.25) is 0 Å². The molecule has 1 saturated heterocycles. The van der Waals surface area contributed by atoms with Gasteiger partial charge >= 0.3 is 0 Å². The third-order valence-electron chi connectivity index (χ3n) is 6.09. The van der Waals surface area contributed by atoms with Crippen LogP contribution in [0.4, 0.5) is 10.3 Å². The quantitative estimate of drug-likeness (QED) is 0.499. The Kier molecular flexibility index (Phi) is 6.42. The highest BCUT2D eigenvalue weighted by Crippen LogP contribution is 2.34. The second-order valence-electron chi connectivity index (χ2n) is 8.38. The van der Waals surface area contributed by atoms with Gasteiger partial charge in [0.1, 0.15) is 0 Å². The minimum Gasteiger partial charge on any atom is -0.435 e. The minimum atomic E-state index is -3.80. The molecular formula is C24H24ClFN4O3S. The van der Waals surface area contributed by atoms with Gasteiger partial charge in [0.2, 0.25) is 21.9 Å². The predicted molar refractivity (Wildman–Crippen MR) is 127 cm³/mol. The van der Waals surface area contributed by atoms with Gasteiger partial charge in [0, 0.05) is 37.6 Å². The molecular weight excluding hydrogens is 479 g/mol. The van der Waals surface area contributed by atoms with Crippen molar-refractivity contribution in [3.8, 4) is 11.6 Å². The Balaban J connectivity index is 1.53. The molecule has 0 N–H and O–H groups in total. The molecule has 2 aliphatic heterocycles. The van der Waals surface area contributed by atoms with Gasteiger partial charge in [-0.1, -0.05) is 29.8 Å². The van der Waals surface area contributed by atoms with Crippen molar-refractivity contribution in [3.05, 3.63) is 70.6 Å². The third kappa shape index (κ3) is 4.60. The fourth-order valence-electron chi connectivity index (χ4n) is 4.28. The van der Waals surface area contributed by atoms with Gasteiger partial charge in [0.25, 0.3) is 0 Å². The van der Waals surface area contributed by atoms with Gasteiger partial charge in [-0.2, -0.15) is 9.29 Å². The Morgan fingerprint density at radius 3 is 2.53 bits per heavy atom. The zero-order valence-electron chi connectivity index (χ0n) is 18.5. The second kappa shape index (κ2) is 9.48. The first-order valence-electron chi connectivity index (χ1n) is 11.2. The number of fused-ring (bicyclic) bond motifs is 1. The van der Waals surface area contributed by atoms with Gasteiger partial charge in [-0.15, -0.1) is 0 Å². The third-order valence-corrected chi connectivity index (χ3v) is 8.17. The first-order valence-corrected chi connectivity index (χ1v) is 13.1. The van der Waals surface area contributed by atoms with Crippen molar-refractivity contribution in [2.75, 3.05) is 24.5 Å². The topological polar surface area (TPSA) is 75.6 Å². The van der Waals surface area contributed by atoms with E-state index in [1.54, 1.807) is 24.3 Å². The lowest BCUT2D eigenvalue weighted by Crippen LogP contribution is -2.37. The first-order chi connectivity index (χ1) is 16.4. The molecule has 0 aliphatic carbocycles. The molecule has 34 heavy (non-hydrogen) atoms. The van der Waals surface area contributed by atoms with Crippen LogP contribution in [-0.4, -0.2) is 42.3 Å². The number of anilines is 1. The Morgan fingerprint density at radius 2 is 1.76 bits per heavy atom. The SMILES string of the molecule is O=S(=O)(c1cccc(Cl)c1)N1CCc2nc(N3CCCCC3)nc(Oc3ccccc3F)c2C1. The molecule has 3 aromatic rings. The fraction of sp³-hybridized carbons (Fsp3) is 0.333. The van der Waals surface area contributed by atoms with E-state index < -0.39 is 15.8 Å². The molecule has 2 aliphatic rings. The second-order valence-corrected chi connectivity index (χ2v) is 10.8. The summed E-state index contributed by atoms with van der Waals surface area (Å²) in [5.41, 5.74) is 1.26. The summed E-state index contributed by atoms with van der Waals surface area (Å²) in [5, 5.41) is 0.344. The number of rotatable bonds is 5. The number of para-hydroxylation sites is 1. The van der Waals surface area contributed by atoms with E-state index in [0.29, 0.717) is 23.0 Å². The molecule has 0 radical (unpaired) electrons. The molecule has 0 saturated carbocycles. The van der Waals surface area contributed by atoms with Crippen molar-refractivity contribution in [2.24, 2.45) is 0 Å². The maximum atomic E-state index is 14.4. The van der Waals surface area contributed by atoms with E-state index in [4.69, 9.17) is 21.3 Å². The summed E-state index contributed by atoms with van der Waals surface area (Å²) in [5.74, 6) is 0.231. The molecule has 7 nitrogen and oxygen atoms in total. The normalized spacial score (nSPS) is 16.8. The molecule has 0 atom stereocenters. The average Bonchev–Trinajstić information content (AvgIpc) is 2.85. The highest BCUT2D eigenvalue weighted by atomic mass is 35.5. The lowest BCUT2D eigenvalue weighted by Gasteiger charge is -2.31. The number of hydrogen-bond acceptors (Lipinski definition) is 6. The smallest absolute Gasteiger partial charge is 0.243 e. The van der Waals surface area contributed by atoms with Crippen LogP contribution in [0.25, 0.3) is 0 Å². The van der Waals surface area contributed by atoms with Crippen LogP contribution in [0.15, 0.2) is 53.4 Å². The Labute approximate surface area is 203 Å². The van der Waals surface area contributed by atoms with Crippen molar-refractivity contribution < 1.29 is 17.5 Å². The summed E-state index contributed by atoms with van der Waals surface area (Å²) < 4.78 is 48.3. The summed E-state index contributed by atoms with van der Waals surface area (Å²) in [4.78, 5) is 11.6. The molecule has 0 spiro atoms. The number of sulfonamides is 1. The van der Waals surface area contributed by atoms with Crippen molar-refractivity contribution in [3.63, 3.8) is 0 Å². The molecule has 3 heterocycles. The molecule has 1 fully saturated rings. The van der Waals surface area contributed by atoms with Gasteiger partial charge in [0.05, 0.1) is 16.2 Å². The van der Waals surface area contributed by atoms with Gasteiger partial charge < -0.3 is 9.64 Å². The molecule has 0 amide bonds. The van der Waals surface area contributed by atoms with Crippen molar-refractivity contribution in [1.29, 1.82) is 0 Å². The van der Waals surface area contributed by atoms with Gasteiger partial charge in [-0.25, -0.2) is 17.8 Å². The van der Waals surface area contributed by atoms with Crippen molar-refractivity contribution >= 4 is 27.6 Å². The van der Waals surface area contributed by atoms with Crippen LogP contribution in [0.3, 0.4) is 0 Å². The van der Waals surface area contributed by atoms with Crippen LogP contribution in [0.2, 0.25) is 5.02 Å². The van der Waals surface area contributed by atoms with Crippen LogP contribution in [0, 0.1) is 5.82 Å². The molecule has 1 aromatic heterocycles. The Morgan fingerprint density at radius 1 is 0.971 bits per heavy atom. The highest BCUT2D eigenvalue weighted by molar-refractivity contribution is 7.89. The molecule has 0 bridgehead atoms. The van der Waals surface area contributed by atoms with Crippen LogP contribution >= 0.6 is 11.6 Å². The van der Waals surface area contributed by atoms with Crippen LogP contribution < -0.4 is 9.64 Å². The molecule has 5 rings (SSSR count). The zero-order valence-corrected chi connectivity index (χ0v) is 20.0. The van der Waals surface area contributed by atoms with E-state index >= 15 is 0 Å². The molecule has 0 unspecified atom stereocenters. The lowest BCUT2D eigenvalue weighted by molar-refractivity contribution is 0.363.